The Morgan fingerprint density at radius 3 is 2.82 bits per heavy atom. The molecule has 146 valence electrons. The van der Waals surface area contributed by atoms with Crippen molar-refractivity contribution in [3.63, 3.8) is 0 Å². The molecule has 4 rings (SSSR count). The van der Waals surface area contributed by atoms with E-state index in [9.17, 15) is 4.79 Å². The Morgan fingerprint density at radius 1 is 1.29 bits per heavy atom. The second kappa shape index (κ2) is 8.06. The van der Waals surface area contributed by atoms with Gasteiger partial charge in [-0.1, -0.05) is 29.8 Å². The fourth-order valence-electron chi connectivity index (χ4n) is 3.69. The highest BCUT2D eigenvalue weighted by molar-refractivity contribution is 5.83. The van der Waals surface area contributed by atoms with Gasteiger partial charge in [-0.15, -0.1) is 0 Å². The second-order valence-electron chi connectivity index (χ2n) is 7.45. The summed E-state index contributed by atoms with van der Waals surface area (Å²) in [5.41, 5.74) is 4.87. The van der Waals surface area contributed by atoms with Crippen molar-refractivity contribution in [3.8, 4) is 0 Å². The fraction of sp³-hybridized carbons (Fsp3) is 0.429. The quantitative estimate of drug-likeness (QED) is 0.686. The van der Waals surface area contributed by atoms with Gasteiger partial charge in [0.1, 0.15) is 5.52 Å². The van der Waals surface area contributed by atoms with Crippen LogP contribution in [0.15, 0.2) is 36.7 Å². The standard InChI is InChI=1S/C21H26N6O/c1-14-3-5-16(6-4-14)15(2)21(28)25-11-12-27-20-19(23-9-10-24-20)18(26-27)17-7-8-22-13-17/h3-6,9-10,15,17,22H,7-8,11-13H2,1-2H3,(H,25,28)/t15-,17+/m1/s1. The van der Waals surface area contributed by atoms with Crippen LogP contribution >= 0.6 is 0 Å². The lowest BCUT2D eigenvalue weighted by molar-refractivity contribution is -0.122. The number of hydrogen-bond acceptors (Lipinski definition) is 5. The Bertz CT molecular complexity index is 959. The Balaban J connectivity index is 1.43. The molecule has 3 aromatic rings. The van der Waals surface area contributed by atoms with E-state index in [4.69, 9.17) is 5.10 Å². The summed E-state index contributed by atoms with van der Waals surface area (Å²) in [5.74, 6) is 0.207. The highest BCUT2D eigenvalue weighted by Crippen LogP contribution is 2.26. The fourth-order valence-corrected chi connectivity index (χ4v) is 3.69. The summed E-state index contributed by atoms with van der Waals surface area (Å²) in [6.07, 6.45) is 4.47. The van der Waals surface area contributed by atoms with Gasteiger partial charge < -0.3 is 10.6 Å². The van der Waals surface area contributed by atoms with Gasteiger partial charge in [-0.3, -0.25) is 4.79 Å². The first-order valence-electron chi connectivity index (χ1n) is 9.86. The molecule has 7 nitrogen and oxygen atoms in total. The van der Waals surface area contributed by atoms with E-state index >= 15 is 0 Å². The van der Waals surface area contributed by atoms with E-state index in [1.807, 2.05) is 42.8 Å². The van der Waals surface area contributed by atoms with Crippen LogP contribution in [-0.2, 0) is 11.3 Å². The molecule has 1 aliphatic rings. The molecule has 0 aliphatic carbocycles. The molecule has 0 saturated carbocycles. The molecule has 0 bridgehead atoms. The van der Waals surface area contributed by atoms with Crippen LogP contribution in [0.2, 0.25) is 0 Å². The lowest BCUT2D eigenvalue weighted by Gasteiger charge is -2.13. The summed E-state index contributed by atoms with van der Waals surface area (Å²) in [5, 5.41) is 11.2. The molecule has 0 unspecified atom stereocenters. The van der Waals surface area contributed by atoms with Gasteiger partial charge in [0.15, 0.2) is 5.65 Å². The number of rotatable bonds is 6. The van der Waals surface area contributed by atoms with Gasteiger partial charge >= 0.3 is 0 Å². The van der Waals surface area contributed by atoms with E-state index in [1.54, 1.807) is 12.4 Å². The summed E-state index contributed by atoms with van der Waals surface area (Å²) in [4.78, 5) is 21.5. The zero-order valence-electron chi connectivity index (χ0n) is 16.4. The topological polar surface area (TPSA) is 84.7 Å². The van der Waals surface area contributed by atoms with E-state index in [0.717, 1.165) is 41.9 Å². The molecule has 1 aliphatic heterocycles. The van der Waals surface area contributed by atoms with Gasteiger partial charge in [-0.25, -0.2) is 14.6 Å². The number of carbonyl (C=O) groups excluding carboxylic acids is 1. The van der Waals surface area contributed by atoms with Crippen molar-refractivity contribution in [2.24, 2.45) is 0 Å². The molecule has 1 aromatic carbocycles. The molecule has 2 N–H and O–H groups in total. The predicted molar refractivity (Wildman–Crippen MR) is 108 cm³/mol. The van der Waals surface area contributed by atoms with Gasteiger partial charge in [-0.2, -0.15) is 5.10 Å². The van der Waals surface area contributed by atoms with Crippen LogP contribution in [0.3, 0.4) is 0 Å². The monoisotopic (exact) mass is 378 g/mol. The molecule has 2 atom stereocenters. The van der Waals surface area contributed by atoms with Crippen LogP contribution in [-0.4, -0.2) is 45.3 Å². The zero-order valence-corrected chi connectivity index (χ0v) is 16.4. The number of aryl methyl sites for hydroxylation is 1. The predicted octanol–water partition coefficient (Wildman–Crippen LogP) is 2.13. The van der Waals surface area contributed by atoms with Gasteiger partial charge in [-0.05, 0) is 32.4 Å². The summed E-state index contributed by atoms with van der Waals surface area (Å²) in [6, 6.07) is 8.09. The maximum Gasteiger partial charge on any atom is 0.227 e. The van der Waals surface area contributed by atoms with Crippen LogP contribution < -0.4 is 10.6 Å². The van der Waals surface area contributed by atoms with Gasteiger partial charge in [0.25, 0.3) is 0 Å². The number of nitrogens with one attached hydrogen (secondary N) is 2. The van der Waals surface area contributed by atoms with Crippen molar-refractivity contribution in [2.75, 3.05) is 19.6 Å². The number of fused-ring (bicyclic) bond motifs is 1. The van der Waals surface area contributed by atoms with Crippen molar-refractivity contribution in [2.45, 2.75) is 38.6 Å². The minimum absolute atomic E-state index is 0.0200. The summed E-state index contributed by atoms with van der Waals surface area (Å²) < 4.78 is 1.87. The Morgan fingerprint density at radius 2 is 2.07 bits per heavy atom. The summed E-state index contributed by atoms with van der Waals surface area (Å²) in [6.45, 7) is 6.98. The molecular weight excluding hydrogens is 352 g/mol. The molecule has 1 saturated heterocycles. The molecule has 2 aromatic heterocycles. The van der Waals surface area contributed by atoms with E-state index in [1.165, 1.54) is 5.56 Å². The molecule has 7 heteroatoms. The average molecular weight is 378 g/mol. The van der Waals surface area contributed by atoms with Crippen LogP contribution in [0, 0.1) is 6.92 Å². The van der Waals surface area contributed by atoms with Crippen molar-refractivity contribution in [1.82, 2.24) is 30.4 Å². The minimum Gasteiger partial charge on any atom is -0.354 e. The number of aromatic nitrogens is 4. The number of amides is 1. The molecule has 1 fully saturated rings. The minimum atomic E-state index is -0.185. The van der Waals surface area contributed by atoms with E-state index in [2.05, 4.69) is 20.6 Å². The molecule has 28 heavy (non-hydrogen) atoms. The maximum atomic E-state index is 12.5. The van der Waals surface area contributed by atoms with Crippen LogP contribution in [0.4, 0.5) is 0 Å². The first kappa shape index (κ1) is 18.6. The van der Waals surface area contributed by atoms with Crippen molar-refractivity contribution >= 4 is 17.1 Å². The number of benzene rings is 1. The zero-order chi connectivity index (χ0) is 19.5. The highest BCUT2D eigenvalue weighted by Gasteiger charge is 2.24. The smallest absolute Gasteiger partial charge is 0.227 e. The number of nitrogens with zero attached hydrogens (tertiary/aromatic N) is 4. The molecule has 3 heterocycles. The molecule has 0 radical (unpaired) electrons. The van der Waals surface area contributed by atoms with Crippen molar-refractivity contribution in [1.29, 1.82) is 0 Å². The largest absolute Gasteiger partial charge is 0.354 e. The van der Waals surface area contributed by atoms with Crippen LogP contribution in [0.5, 0.6) is 0 Å². The Kier molecular flexibility index (Phi) is 5.34. The molecular formula is C21H26N6O. The second-order valence-corrected chi connectivity index (χ2v) is 7.45. The third-order valence-corrected chi connectivity index (χ3v) is 5.43. The van der Waals surface area contributed by atoms with Gasteiger partial charge in [0.2, 0.25) is 5.91 Å². The molecule has 1 amide bonds. The van der Waals surface area contributed by atoms with Crippen molar-refractivity contribution < 1.29 is 4.79 Å². The Hall–Kier alpha value is -2.80. The van der Waals surface area contributed by atoms with E-state index in [-0.39, 0.29) is 11.8 Å². The average Bonchev–Trinajstić information content (AvgIpc) is 3.36. The summed E-state index contributed by atoms with van der Waals surface area (Å²) in [7, 11) is 0. The maximum absolute atomic E-state index is 12.5. The third kappa shape index (κ3) is 3.75. The van der Waals surface area contributed by atoms with Gasteiger partial charge in [0, 0.05) is 31.4 Å². The normalized spacial score (nSPS) is 17.7. The van der Waals surface area contributed by atoms with E-state index in [0.29, 0.717) is 19.0 Å². The number of hydrogen-bond donors (Lipinski definition) is 2. The highest BCUT2D eigenvalue weighted by atomic mass is 16.1. The first-order chi connectivity index (χ1) is 13.6. The first-order valence-corrected chi connectivity index (χ1v) is 9.86. The SMILES string of the molecule is Cc1ccc([C@@H](C)C(=O)NCCn2nc([C@H]3CCNC3)c3nccnc32)cc1. The van der Waals surface area contributed by atoms with Gasteiger partial charge in [0.05, 0.1) is 18.2 Å². The lowest BCUT2D eigenvalue weighted by atomic mass is 9.99. The molecule has 0 spiro atoms. The summed E-state index contributed by atoms with van der Waals surface area (Å²) >= 11 is 0. The van der Waals surface area contributed by atoms with Crippen molar-refractivity contribution in [3.05, 3.63) is 53.5 Å². The lowest BCUT2D eigenvalue weighted by Crippen LogP contribution is -2.31. The van der Waals surface area contributed by atoms with Crippen LogP contribution in [0.25, 0.3) is 11.2 Å². The number of carbonyl (C=O) groups is 1. The van der Waals surface area contributed by atoms with E-state index < -0.39 is 0 Å². The van der Waals surface area contributed by atoms with Crippen LogP contribution in [0.1, 0.15) is 42.0 Å². The third-order valence-electron chi connectivity index (χ3n) is 5.43. The Labute approximate surface area is 164 Å².